The topological polar surface area (TPSA) is 12.0 Å². The highest BCUT2D eigenvalue weighted by Crippen LogP contribution is 2.53. The van der Waals surface area contributed by atoms with Gasteiger partial charge in [0.05, 0.1) is 0 Å². The van der Waals surface area contributed by atoms with Crippen molar-refractivity contribution in [1.82, 2.24) is 5.32 Å². The number of rotatable bonds is 8. The van der Waals surface area contributed by atoms with Crippen LogP contribution in [0.4, 0.5) is 0 Å². The minimum Gasteiger partial charge on any atom is -0.313 e. The van der Waals surface area contributed by atoms with Crippen molar-refractivity contribution >= 4 is 0 Å². The van der Waals surface area contributed by atoms with E-state index < -0.39 is 0 Å². The smallest absolute Gasteiger partial charge is 0.0124 e. The molecular formula is C19H35N. The fourth-order valence-electron chi connectivity index (χ4n) is 5.56. The van der Waals surface area contributed by atoms with Crippen LogP contribution in [0.2, 0.25) is 0 Å². The van der Waals surface area contributed by atoms with Crippen LogP contribution < -0.4 is 5.32 Å². The van der Waals surface area contributed by atoms with Crippen molar-refractivity contribution in [2.75, 3.05) is 6.54 Å². The lowest BCUT2D eigenvalue weighted by Gasteiger charge is -2.54. The fraction of sp³-hybridized carbons (Fsp3) is 1.00. The third-order valence-corrected chi connectivity index (χ3v) is 6.32. The summed E-state index contributed by atoms with van der Waals surface area (Å²) >= 11 is 0. The predicted molar refractivity (Wildman–Crippen MR) is 86.8 cm³/mol. The largest absolute Gasteiger partial charge is 0.313 e. The monoisotopic (exact) mass is 277 g/mol. The molecule has 4 aliphatic rings. The quantitative estimate of drug-likeness (QED) is 0.615. The normalized spacial score (nSPS) is 38.9. The molecule has 0 heterocycles. The van der Waals surface area contributed by atoms with Crippen molar-refractivity contribution in [2.24, 2.45) is 29.6 Å². The predicted octanol–water partition coefficient (Wildman–Crippen LogP) is 5.01. The molecule has 116 valence electrons. The molecule has 0 aromatic heterocycles. The molecule has 0 unspecified atom stereocenters. The van der Waals surface area contributed by atoms with E-state index in [1.54, 1.807) is 32.1 Å². The van der Waals surface area contributed by atoms with Crippen LogP contribution in [0.25, 0.3) is 0 Å². The summed E-state index contributed by atoms with van der Waals surface area (Å²) in [6, 6.07) is 0.901. The van der Waals surface area contributed by atoms with Gasteiger partial charge < -0.3 is 5.32 Å². The summed E-state index contributed by atoms with van der Waals surface area (Å²) in [6.45, 7) is 5.97. The average molecular weight is 277 g/mol. The second-order valence-corrected chi connectivity index (χ2v) is 8.51. The lowest BCUT2D eigenvalue weighted by atomic mass is 9.54. The van der Waals surface area contributed by atoms with Gasteiger partial charge in [0.1, 0.15) is 0 Å². The zero-order valence-corrected chi connectivity index (χ0v) is 13.7. The molecule has 0 aliphatic heterocycles. The van der Waals surface area contributed by atoms with Gasteiger partial charge in [0.15, 0.2) is 0 Å². The van der Waals surface area contributed by atoms with Crippen LogP contribution in [0.5, 0.6) is 0 Å². The second kappa shape index (κ2) is 6.81. The first kappa shape index (κ1) is 14.9. The summed E-state index contributed by atoms with van der Waals surface area (Å²) in [6.07, 6.45) is 14.9. The molecule has 4 bridgehead atoms. The first-order valence-corrected chi connectivity index (χ1v) is 9.45. The van der Waals surface area contributed by atoms with Gasteiger partial charge in [-0.05, 0) is 74.7 Å². The van der Waals surface area contributed by atoms with Crippen molar-refractivity contribution in [3.8, 4) is 0 Å². The van der Waals surface area contributed by atoms with Crippen LogP contribution in [0.15, 0.2) is 0 Å². The number of nitrogens with one attached hydrogen (secondary N) is 1. The fourth-order valence-corrected chi connectivity index (χ4v) is 5.56. The average Bonchev–Trinajstić information content (AvgIpc) is 2.39. The molecule has 4 rings (SSSR count). The van der Waals surface area contributed by atoms with E-state index >= 15 is 0 Å². The van der Waals surface area contributed by atoms with Gasteiger partial charge in [0, 0.05) is 6.04 Å². The molecule has 4 aliphatic carbocycles. The van der Waals surface area contributed by atoms with Gasteiger partial charge in [-0.15, -0.1) is 0 Å². The summed E-state index contributed by atoms with van der Waals surface area (Å²) < 4.78 is 0. The Bertz CT molecular complexity index is 268. The van der Waals surface area contributed by atoms with Crippen molar-refractivity contribution in [1.29, 1.82) is 0 Å². The van der Waals surface area contributed by atoms with E-state index in [1.165, 1.54) is 38.6 Å². The third-order valence-electron chi connectivity index (χ3n) is 6.32. The number of unbranched alkanes of at least 4 members (excludes halogenated alkanes) is 3. The molecular weight excluding hydrogens is 242 g/mol. The maximum atomic E-state index is 3.96. The van der Waals surface area contributed by atoms with Crippen LogP contribution in [0, 0.1) is 29.6 Å². The molecule has 1 N–H and O–H groups in total. The molecule has 4 fully saturated rings. The van der Waals surface area contributed by atoms with Crippen molar-refractivity contribution in [3.05, 3.63) is 0 Å². The Labute approximate surface area is 126 Å². The molecule has 4 saturated carbocycles. The zero-order chi connectivity index (χ0) is 13.9. The van der Waals surface area contributed by atoms with E-state index in [-0.39, 0.29) is 0 Å². The van der Waals surface area contributed by atoms with Gasteiger partial charge in [0.25, 0.3) is 0 Å². The SMILES string of the molecule is CC(C)CCCCCCNC1C2CC3CC(C2)CC1C3. The highest BCUT2D eigenvalue weighted by molar-refractivity contribution is 5.01. The third kappa shape index (κ3) is 3.59. The summed E-state index contributed by atoms with van der Waals surface area (Å²) in [5, 5.41) is 3.96. The van der Waals surface area contributed by atoms with Crippen LogP contribution >= 0.6 is 0 Å². The highest BCUT2D eigenvalue weighted by atomic mass is 14.9. The number of hydrogen-bond donors (Lipinski definition) is 1. The summed E-state index contributed by atoms with van der Waals surface area (Å²) in [4.78, 5) is 0. The van der Waals surface area contributed by atoms with Gasteiger partial charge in [-0.1, -0.05) is 39.5 Å². The standard InChI is InChI=1S/C19H35N/c1-14(2)7-5-3-4-6-8-20-19-17-10-15-9-16(12-17)13-18(19)11-15/h14-20H,3-13H2,1-2H3. The zero-order valence-electron chi connectivity index (χ0n) is 13.7. The molecule has 0 atom stereocenters. The molecule has 20 heavy (non-hydrogen) atoms. The molecule has 1 heteroatoms. The minimum absolute atomic E-state index is 0.890. The summed E-state index contributed by atoms with van der Waals surface area (Å²) in [5.74, 6) is 5.22. The van der Waals surface area contributed by atoms with E-state index in [1.807, 2.05) is 0 Å². The maximum Gasteiger partial charge on any atom is 0.0124 e. The van der Waals surface area contributed by atoms with Gasteiger partial charge in [-0.3, -0.25) is 0 Å². The van der Waals surface area contributed by atoms with Crippen LogP contribution in [-0.4, -0.2) is 12.6 Å². The maximum absolute atomic E-state index is 3.96. The number of hydrogen-bond acceptors (Lipinski definition) is 1. The van der Waals surface area contributed by atoms with E-state index in [0.29, 0.717) is 0 Å². The molecule has 1 nitrogen and oxygen atoms in total. The van der Waals surface area contributed by atoms with E-state index in [4.69, 9.17) is 0 Å². The van der Waals surface area contributed by atoms with Gasteiger partial charge in [-0.25, -0.2) is 0 Å². The Morgan fingerprint density at radius 2 is 1.40 bits per heavy atom. The Morgan fingerprint density at radius 1 is 0.800 bits per heavy atom. The van der Waals surface area contributed by atoms with Gasteiger partial charge in [-0.2, -0.15) is 0 Å². The van der Waals surface area contributed by atoms with Gasteiger partial charge >= 0.3 is 0 Å². The lowest BCUT2D eigenvalue weighted by molar-refractivity contribution is -0.0136. The van der Waals surface area contributed by atoms with Crippen LogP contribution in [-0.2, 0) is 0 Å². The van der Waals surface area contributed by atoms with Crippen molar-refractivity contribution in [3.63, 3.8) is 0 Å². The minimum atomic E-state index is 0.890. The Morgan fingerprint density at radius 3 is 2.00 bits per heavy atom. The summed E-state index contributed by atoms with van der Waals surface area (Å²) in [7, 11) is 0. The highest BCUT2D eigenvalue weighted by Gasteiger charge is 2.47. The molecule has 0 aromatic carbocycles. The molecule has 0 spiro atoms. The molecule has 0 radical (unpaired) electrons. The van der Waals surface area contributed by atoms with Gasteiger partial charge in [0.2, 0.25) is 0 Å². The first-order chi connectivity index (χ1) is 9.72. The van der Waals surface area contributed by atoms with E-state index in [2.05, 4.69) is 19.2 Å². The Balaban J connectivity index is 1.29. The van der Waals surface area contributed by atoms with Crippen molar-refractivity contribution in [2.45, 2.75) is 84.1 Å². The Kier molecular flexibility index (Phi) is 5.07. The van der Waals surface area contributed by atoms with E-state index in [9.17, 15) is 0 Å². The van der Waals surface area contributed by atoms with Crippen LogP contribution in [0.1, 0.15) is 78.1 Å². The molecule has 0 aromatic rings. The van der Waals surface area contributed by atoms with Crippen LogP contribution in [0.3, 0.4) is 0 Å². The molecule has 0 saturated heterocycles. The lowest BCUT2D eigenvalue weighted by Crippen LogP contribution is -2.54. The first-order valence-electron chi connectivity index (χ1n) is 9.45. The Hall–Kier alpha value is -0.0400. The summed E-state index contributed by atoms with van der Waals surface area (Å²) in [5.41, 5.74) is 0. The van der Waals surface area contributed by atoms with Crippen molar-refractivity contribution < 1.29 is 0 Å². The second-order valence-electron chi connectivity index (χ2n) is 8.51. The molecule has 0 amide bonds. The van der Waals surface area contributed by atoms with E-state index in [0.717, 1.165) is 35.6 Å².